The van der Waals surface area contributed by atoms with Crippen LogP contribution in [0.1, 0.15) is 25.0 Å². The van der Waals surface area contributed by atoms with Crippen molar-refractivity contribution in [3.05, 3.63) is 157 Å². The summed E-state index contributed by atoms with van der Waals surface area (Å²) in [6.45, 7) is 4.69. The van der Waals surface area contributed by atoms with Crippen molar-refractivity contribution in [2.24, 2.45) is 0 Å². The summed E-state index contributed by atoms with van der Waals surface area (Å²) in [5.41, 5.74) is 10.7. The highest BCUT2D eigenvalue weighted by molar-refractivity contribution is 7.99. The summed E-state index contributed by atoms with van der Waals surface area (Å²) in [7, 11) is 0. The van der Waals surface area contributed by atoms with E-state index in [0.717, 1.165) is 21.7 Å². The van der Waals surface area contributed by atoms with Crippen LogP contribution in [0, 0.1) is 0 Å². The number of para-hydroxylation sites is 2. The summed E-state index contributed by atoms with van der Waals surface area (Å²) in [6, 6.07) is 51.3. The van der Waals surface area contributed by atoms with Crippen molar-refractivity contribution in [1.82, 2.24) is 19.5 Å². The van der Waals surface area contributed by atoms with Crippen molar-refractivity contribution in [3.63, 3.8) is 0 Å². The van der Waals surface area contributed by atoms with Crippen molar-refractivity contribution in [2.45, 2.75) is 29.3 Å². The smallest absolute Gasteiger partial charge is 0.196 e. The molecule has 0 bridgehead atoms. The lowest BCUT2D eigenvalue weighted by Crippen LogP contribution is -2.15. The first-order valence-corrected chi connectivity index (χ1v) is 16.7. The lowest BCUT2D eigenvalue weighted by Gasteiger charge is -2.22. The molecule has 0 spiro atoms. The monoisotopic (exact) mass is 622 g/mol. The minimum absolute atomic E-state index is 0.0950. The van der Waals surface area contributed by atoms with Gasteiger partial charge >= 0.3 is 0 Å². The molecule has 2 heterocycles. The van der Waals surface area contributed by atoms with Gasteiger partial charge in [-0.1, -0.05) is 129 Å². The Bertz CT molecular complexity index is 2410. The summed E-state index contributed by atoms with van der Waals surface area (Å²) in [5, 5.41) is 3.15. The molecule has 0 unspecified atom stereocenters. The molecular weight excluding hydrogens is 593 g/mol. The van der Waals surface area contributed by atoms with Crippen LogP contribution in [-0.2, 0) is 5.41 Å². The minimum atomic E-state index is -0.0950. The molecule has 9 rings (SSSR count). The van der Waals surface area contributed by atoms with Crippen molar-refractivity contribution >= 4 is 33.6 Å². The Kier molecular flexibility index (Phi) is 6.37. The van der Waals surface area contributed by atoms with Crippen LogP contribution in [0.25, 0.3) is 61.4 Å². The topological polar surface area (TPSA) is 43.6 Å². The highest BCUT2D eigenvalue weighted by Crippen LogP contribution is 2.51. The van der Waals surface area contributed by atoms with Gasteiger partial charge in [0, 0.05) is 32.2 Å². The van der Waals surface area contributed by atoms with Crippen LogP contribution in [0.2, 0.25) is 0 Å². The third-order valence-corrected chi connectivity index (χ3v) is 10.3. The van der Waals surface area contributed by atoms with E-state index in [9.17, 15) is 0 Å². The maximum absolute atomic E-state index is 4.99. The Labute approximate surface area is 277 Å². The zero-order valence-corrected chi connectivity index (χ0v) is 26.9. The third-order valence-electron chi connectivity index (χ3n) is 9.36. The van der Waals surface area contributed by atoms with E-state index < -0.39 is 0 Å². The fourth-order valence-corrected chi connectivity index (χ4v) is 7.96. The second kappa shape index (κ2) is 10.8. The Morgan fingerprint density at radius 3 is 1.87 bits per heavy atom. The van der Waals surface area contributed by atoms with E-state index in [1.165, 1.54) is 44.1 Å². The largest absolute Gasteiger partial charge is 0.308 e. The van der Waals surface area contributed by atoms with Gasteiger partial charge in [0.05, 0.1) is 16.7 Å². The van der Waals surface area contributed by atoms with Crippen molar-refractivity contribution in [1.29, 1.82) is 0 Å². The molecule has 0 fully saturated rings. The molecule has 224 valence electrons. The van der Waals surface area contributed by atoms with Gasteiger partial charge in [0.25, 0.3) is 0 Å². The Hall–Kier alpha value is -5.52. The molecule has 0 N–H and O–H groups in total. The molecule has 0 atom stereocenters. The number of fused-ring (bicyclic) bond motifs is 6. The van der Waals surface area contributed by atoms with Gasteiger partial charge in [-0.05, 0) is 64.3 Å². The first-order valence-electron chi connectivity index (χ1n) is 15.9. The van der Waals surface area contributed by atoms with Gasteiger partial charge in [-0.15, -0.1) is 0 Å². The highest BCUT2D eigenvalue weighted by atomic mass is 32.2. The minimum Gasteiger partial charge on any atom is -0.308 e. The lowest BCUT2D eigenvalue weighted by atomic mass is 9.82. The fraction of sp³-hybridized carbons (Fsp3) is 0.0714. The number of nitrogens with zero attached hydrogens (tertiary/aromatic N) is 4. The predicted octanol–water partition coefficient (Wildman–Crippen LogP) is 10.8. The van der Waals surface area contributed by atoms with Gasteiger partial charge in [-0.2, -0.15) is 0 Å². The van der Waals surface area contributed by atoms with Crippen LogP contribution in [0.3, 0.4) is 0 Å². The van der Waals surface area contributed by atoms with E-state index in [2.05, 4.69) is 103 Å². The number of aromatic nitrogens is 4. The zero-order valence-electron chi connectivity index (χ0n) is 26.1. The average molecular weight is 623 g/mol. The van der Waals surface area contributed by atoms with E-state index in [1.54, 1.807) is 11.8 Å². The molecule has 8 aromatic rings. The molecule has 4 nitrogen and oxygen atoms in total. The first-order chi connectivity index (χ1) is 23.1. The molecule has 2 aromatic heterocycles. The summed E-state index contributed by atoms with van der Waals surface area (Å²) in [6.07, 6.45) is 0. The quantitative estimate of drug-likeness (QED) is 0.192. The van der Waals surface area contributed by atoms with Gasteiger partial charge in [-0.25, -0.2) is 15.0 Å². The molecule has 0 saturated carbocycles. The number of hydrogen-bond acceptors (Lipinski definition) is 4. The zero-order chi connectivity index (χ0) is 31.5. The maximum Gasteiger partial charge on any atom is 0.196 e. The third kappa shape index (κ3) is 4.49. The molecule has 0 amide bonds. The van der Waals surface area contributed by atoms with E-state index in [0.29, 0.717) is 16.8 Å². The molecule has 0 saturated heterocycles. The predicted molar refractivity (Wildman–Crippen MR) is 193 cm³/mol. The molecular formula is C42H30N4S. The molecule has 47 heavy (non-hydrogen) atoms. The second-order valence-corrected chi connectivity index (χ2v) is 13.5. The van der Waals surface area contributed by atoms with E-state index in [-0.39, 0.29) is 5.41 Å². The Morgan fingerprint density at radius 2 is 1.13 bits per heavy atom. The maximum atomic E-state index is 4.99. The van der Waals surface area contributed by atoms with Crippen LogP contribution in [0.15, 0.2) is 156 Å². The first kappa shape index (κ1) is 27.8. The molecule has 0 radical (unpaired) electrons. The highest BCUT2D eigenvalue weighted by Gasteiger charge is 2.36. The average Bonchev–Trinajstić information content (AvgIpc) is 3.56. The summed E-state index contributed by atoms with van der Waals surface area (Å²) in [4.78, 5) is 15.9. The lowest BCUT2D eigenvalue weighted by molar-refractivity contribution is 0.661. The number of rotatable bonds is 5. The van der Waals surface area contributed by atoms with Gasteiger partial charge < -0.3 is 4.57 Å². The molecule has 1 aliphatic carbocycles. The van der Waals surface area contributed by atoms with Gasteiger partial charge in [0.15, 0.2) is 16.8 Å². The van der Waals surface area contributed by atoms with Crippen molar-refractivity contribution in [2.75, 3.05) is 0 Å². The van der Waals surface area contributed by atoms with Crippen LogP contribution in [0.4, 0.5) is 0 Å². The van der Waals surface area contributed by atoms with Gasteiger partial charge in [-0.3, -0.25) is 0 Å². The standard InChI is InChI=1S/C42H30N4S/c1-42(2)33-21-11-9-19-29(33)31-25-32-30-20-10-12-22-35(30)46(37(32)26-34(31)42)36-23-13-14-24-38(36)47-41-44-39(27-15-5-3-6-16-27)43-40(45-41)28-17-7-4-8-18-28/h3-26H,1-2H3. The molecule has 0 aliphatic heterocycles. The van der Waals surface area contributed by atoms with Crippen molar-refractivity contribution in [3.8, 4) is 39.6 Å². The number of benzene rings is 6. The Morgan fingerprint density at radius 1 is 0.511 bits per heavy atom. The fourth-order valence-electron chi connectivity index (χ4n) is 7.08. The molecule has 1 aliphatic rings. The van der Waals surface area contributed by atoms with E-state index >= 15 is 0 Å². The molecule has 6 aromatic carbocycles. The van der Waals surface area contributed by atoms with Crippen LogP contribution < -0.4 is 0 Å². The van der Waals surface area contributed by atoms with Crippen LogP contribution >= 0.6 is 11.8 Å². The Balaban J connectivity index is 1.24. The van der Waals surface area contributed by atoms with Crippen LogP contribution in [-0.4, -0.2) is 19.5 Å². The normalized spacial score (nSPS) is 13.1. The van der Waals surface area contributed by atoms with Gasteiger partial charge in [0.2, 0.25) is 0 Å². The summed E-state index contributed by atoms with van der Waals surface area (Å²) in [5.74, 6) is 1.32. The molecule has 5 heteroatoms. The summed E-state index contributed by atoms with van der Waals surface area (Å²) < 4.78 is 2.42. The second-order valence-electron chi connectivity index (χ2n) is 12.5. The van der Waals surface area contributed by atoms with Gasteiger partial charge in [0.1, 0.15) is 0 Å². The van der Waals surface area contributed by atoms with Crippen molar-refractivity contribution < 1.29 is 0 Å². The SMILES string of the molecule is CC1(C)c2ccccc2-c2cc3c4ccccc4n(-c4ccccc4Sc4nc(-c5ccccc5)nc(-c5ccccc5)n4)c3cc21. The van der Waals surface area contributed by atoms with E-state index in [4.69, 9.17) is 15.0 Å². The summed E-state index contributed by atoms with van der Waals surface area (Å²) >= 11 is 1.58. The number of hydrogen-bond donors (Lipinski definition) is 0. The van der Waals surface area contributed by atoms with E-state index in [1.807, 2.05) is 60.7 Å². The van der Waals surface area contributed by atoms with Crippen LogP contribution in [0.5, 0.6) is 0 Å².